The average Bonchev–Trinajstić information content (AvgIpc) is 2.75. The summed E-state index contributed by atoms with van der Waals surface area (Å²) in [5, 5.41) is 12.6. The number of pyridine rings is 1. The Morgan fingerprint density at radius 3 is 2.69 bits per heavy atom. The van der Waals surface area contributed by atoms with Crippen molar-refractivity contribution in [1.82, 2.24) is 20.4 Å². The van der Waals surface area contributed by atoms with E-state index in [4.69, 9.17) is 9.84 Å². The quantitative estimate of drug-likeness (QED) is 0.484. The summed E-state index contributed by atoms with van der Waals surface area (Å²) in [5.41, 5.74) is 3.03. The largest absolute Gasteiger partial charge is 0.497 e. The monoisotopic (exact) mass is 395 g/mol. The molecule has 1 amide bonds. The molecule has 0 spiro atoms. The van der Waals surface area contributed by atoms with Gasteiger partial charge in [0.15, 0.2) is 0 Å². The summed E-state index contributed by atoms with van der Waals surface area (Å²) in [6.07, 6.45) is 5.10. The number of carbonyl (C=O) groups excluding carboxylic acids is 1. The van der Waals surface area contributed by atoms with Crippen LogP contribution in [0.1, 0.15) is 26.5 Å². The van der Waals surface area contributed by atoms with Gasteiger partial charge >= 0.3 is 5.97 Å². The highest BCUT2D eigenvalue weighted by Gasteiger charge is 2.11. The number of benzene rings is 1. The van der Waals surface area contributed by atoms with E-state index >= 15 is 0 Å². The number of hydrogen-bond donors (Lipinski definition) is 2. The number of nitrogens with zero attached hydrogens (tertiary/aromatic N) is 4. The van der Waals surface area contributed by atoms with Crippen LogP contribution in [0.15, 0.2) is 54.0 Å². The molecule has 3 aromatic rings. The number of amides is 1. The minimum Gasteiger partial charge on any atom is -0.497 e. The second kappa shape index (κ2) is 8.65. The lowest BCUT2D eigenvalue weighted by Crippen LogP contribution is -2.19. The van der Waals surface area contributed by atoms with Gasteiger partial charge in [-0.25, -0.2) is 24.6 Å². The molecule has 0 saturated heterocycles. The van der Waals surface area contributed by atoms with Crippen molar-refractivity contribution in [3.63, 3.8) is 0 Å². The van der Waals surface area contributed by atoms with Gasteiger partial charge in [0, 0.05) is 17.3 Å². The highest BCUT2D eigenvalue weighted by molar-refractivity contribution is 5.93. The Balaban J connectivity index is 1.73. The van der Waals surface area contributed by atoms with Crippen molar-refractivity contribution in [3.05, 3.63) is 71.7 Å². The fourth-order valence-electron chi connectivity index (χ4n) is 2.25. The van der Waals surface area contributed by atoms with E-state index in [1.54, 1.807) is 0 Å². The number of methoxy groups -OCH3 is 1. The number of rotatable bonds is 6. The Bertz CT molecular complexity index is 1090. The smallest absolute Gasteiger partial charge is 0.354 e. The predicted molar refractivity (Wildman–Crippen MR) is 100 cm³/mol. The molecule has 1 aromatic carbocycles. The molecule has 0 fully saturated rings. The minimum atomic E-state index is -1.15. The standard InChI is InChI=1S/C19H14FN5O4/c1-29-13-3-4-14(20)12(6-13)8-23-25-18(26)17-10-21-9-16(24-17)11-2-5-15(19(27)28)22-7-11/h2-10H,1H3,(H,25,26)(H,27,28)/b23-8+. The van der Waals surface area contributed by atoms with E-state index in [0.717, 1.165) is 6.21 Å². The lowest BCUT2D eigenvalue weighted by atomic mass is 10.2. The Morgan fingerprint density at radius 1 is 1.17 bits per heavy atom. The van der Waals surface area contributed by atoms with Crippen LogP contribution in [0.4, 0.5) is 4.39 Å². The summed E-state index contributed by atoms with van der Waals surface area (Å²) in [4.78, 5) is 35.0. The molecule has 29 heavy (non-hydrogen) atoms. The van der Waals surface area contributed by atoms with Crippen molar-refractivity contribution in [3.8, 4) is 17.0 Å². The molecule has 0 saturated carbocycles. The lowest BCUT2D eigenvalue weighted by molar-refractivity contribution is 0.0690. The van der Waals surface area contributed by atoms with Crippen LogP contribution in [0.3, 0.4) is 0 Å². The Morgan fingerprint density at radius 2 is 2.00 bits per heavy atom. The maximum absolute atomic E-state index is 13.7. The zero-order valence-corrected chi connectivity index (χ0v) is 15.0. The molecule has 146 valence electrons. The van der Waals surface area contributed by atoms with Crippen LogP contribution >= 0.6 is 0 Å². The van der Waals surface area contributed by atoms with Crippen molar-refractivity contribution in [2.45, 2.75) is 0 Å². The number of aromatic nitrogens is 3. The number of halogens is 1. The van der Waals surface area contributed by atoms with Crippen molar-refractivity contribution in [1.29, 1.82) is 0 Å². The van der Waals surface area contributed by atoms with Crippen LogP contribution in [-0.2, 0) is 0 Å². The van der Waals surface area contributed by atoms with E-state index in [2.05, 4.69) is 25.5 Å². The number of carboxylic acid groups (broad SMARTS) is 1. The maximum Gasteiger partial charge on any atom is 0.354 e. The summed E-state index contributed by atoms with van der Waals surface area (Å²) >= 11 is 0. The first-order valence-electron chi connectivity index (χ1n) is 8.16. The summed E-state index contributed by atoms with van der Waals surface area (Å²) < 4.78 is 18.8. The molecule has 0 aliphatic carbocycles. The molecule has 2 heterocycles. The number of hydrogen-bond acceptors (Lipinski definition) is 7. The van der Waals surface area contributed by atoms with Crippen molar-refractivity contribution >= 4 is 18.1 Å². The highest BCUT2D eigenvalue weighted by Crippen LogP contribution is 2.16. The second-order valence-corrected chi connectivity index (χ2v) is 5.61. The molecule has 9 nitrogen and oxygen atoms in total. The molecular formula is C19H14FN5O4. The van der Waals surface area contributed by atoms with Crippen LogP contribution in [0, 0.1) is 5.82 Å². The molecular weight excluding hydrogens is 381 g/mol. The van der Waals surface area contributed by atoms with E-state index in [-0.39, 0.29) is 17.0 Å². The molecule has 10 heteroatoms. The molecule has 0 radical (unpaired) electrons. The highest BCUT2D eigenvalue weighted by atomic mass is 19.1. The van der Waals surface area contributed by atoms with Gasteiger partial charge in [-0.1, -0.05) is 0 Å². The van der Waals surface area contributed by atoms with Crippen LogP contribution in [0.5, 0.6) is 5.75 Å². The van der Waals surface area contributed by atoms with Crippen molar-refractivity contribution < 1.29 is 23.8 Å². The summed E-state index contributed by atoms with van der Waals surface area (Å²) in [5.74, 6) is -1.89. The maximum atomic E-state index is 13.7. The first-order chi connectivity index (χ1) is 14.0. The third kappa shape index (κ3) is 4.75. The lowest BCUT2D eigenvalue weighted by Gasteiger charge is -2.04. The number of carboxylic acids is 1. The second-order valence-electron chi connectivity index (χ2n) is 5.61. The van der Waals surface area contributed by atoms with Crippen LogP contribution in [-0.4, -0.2) is 45.3 Å². The zero-order chi connectivity index (χ0) is 20.8. The Labute approximate surface area is 163 Å². The molecule has 0 bridgehead atoms. The zero-order valence-electron chi connectivity index (χ0n) is 15.0. The Hall–Kier alpha value is -4.21. The van der Waals surface area contributed by atoms with Gasteiger partial charge in [-0.05, 0) is 30.3 Å². The van der Waals surface area contributed by atoms with Crippen molar-refractivity contribution in [2.75, 3.05) is 7.11 Å². The van der Waals surface area contributed by atoms with Crippen LogP contribution in [0.25, 0.3) is 11.3 Å². The number of aromatic carboxylic acids is 1. The fourth-order valence-corrected chi connectivity index (χ4v) is 2.25. The van der Waals surface area contributed by atoms with Gasteiger partial charge in [-0.15, -0.1) is 0 Å². The third-order valence-electron chi connectivity index (χ3n) is 3.72. The number of ether oxygens (including phenoxy) is 1. The molecule has 0 aliphatic heterocycles. The molecule has 2 N–H and O–H groups in total. The molecule has 0 aliphatic rings. The van der Waals surface area contributed by atoms with Crippen LogP contribution < -0.4 is 10.2 Å². The van der Waals surface area contributed by atoms with Gasteiger partial charge in [0.05, 0.1) is 31.4 Å². The Kier molecular flexibility index (Phi) is 5.83. The van der Waals surface area contributed by atoms with Gasteiger partial charge in [-0.3, -0.25) is 9.78 Å². The van der Waals surface area contributed by atoms with E-state index < -0.39 is 17.7 Å². The average molecular weight is 395 g/mol. The van der Waals surface area contributed by atoms with Gasteiger partial charge in [0.25, 0.3) is 5.91 Å². The van der Waals surface area contributed by atoms with Gasteiger partial charge in [0.2, 0.25) is 0 Å². The summed E-state index contributed by atoms with van der Waals surface area (Å²) in [7, 11) is 1.45. The molecule has 0 unspecified atom stereocenters. The van der Waals surface area contributed by atoms with Crippen molar-refractivity contribution in [2.24, 2.45) is 5.10 Å². The SMILES string of the molecule is COc1ccc(F)c(/C=N/NC(=O)c2cncc(-c3ccc(C(=O)O)nc3)n2)c1. The fraction of sp³-hybridized carbons (Fsp3) is 0.0526. The summed E-state index contributed by atoms with van der Waals surface area (Å²) in [6.45, 7) is 0. The molecule has 2 aromatic heterocycles. The van der Waals surface area contributed by atoms with Gasteiger partial charge in [-0.2, -0.15) is 5.10 Å². The summed E-state index contributed by atoms with van der Waals surface area (Å²) in [6, 6.07) is 6.94. The van der Waals surface area contributed by atoms with E-state index in [0.29, 0.717) is 17.0 Å². The number of carbonyl (C=O) groups is 2. The topological polar surface area (TPSA) is 127 Å². The third-order valence-corrected chi connectivity index (χ3v) is 3.72. The van der Waals surface area contributed by atoms with Gasteiger partial charge < -0.3 is 9.84 Å². The normalized spacial score (nSPS) is 10.7. The van der Waals surface area contributed by atoms with Gasteiger partial charge in [0.1, 0.15) is 23.0 Å². The molecule has 0 atom stereocenters. The minimum absolute atomic E-state index is 0.0342. The number of hydrazone groups is 1. The first-order valence-corrected chi connectivity index (χ1v) is 8.16. The molecule has 3 rings (SSSR count). The van der Waals surface area contributed by atoms with E-state index in [1.165, 1.54) is 56.0 Å². The van der Waals surface area contributed by atoms with E-state index in [9.17, 15) is 14.0 Å². The first kappa shape index (κ1) is 19.5. The predicted octanol–water partition coefficient (Wildman–Crippen LogP) is 2.15. The van der Waals surface area contributed by atoms with Crippen LogP contribution in [0.2, 0.25) is 0 Å². The van der Waals surface area contributed by atoms with E-state index in [1.807, 2.05) is 0 Å². The number of nitrogens with one attached hydrogen (secondary N) is 1.